The van der Waals surface area contributed by atoms with Gasteiger partial charge in [-0.15, -0.1) is 0 Å². The molecule has 3 aliphatic heterocycles. The van der Waals surface area contributed by atoms with Gasteiger partial charge in [-0.25, -0.2) is 23.9 Å². The second kappa shape index (κ2) is 11.9. The number of benzene rings is 1. The molecule has 2 bridgehead atoms. The molecule has 0 radical (unpaired) electrons. The Balaban J connectivity index is 1.20. The van der Waals surface area contributed by atoms with Gasteiger partial charge in [0, 0.05) is 0 Å². The summed E-state index contributed by atoms with van der Waals surface area (Å²) in [4.78, 5) is 37.9. The van der Waals surface area contributed by atoms with Crippen molar-refractivity contribution in [2.75, 3.05) is 13.2 Å². The number of nitrogens with zero attached hydrogens (tertiary/aromatic N) is 5. The van der Waals surface area contributed by atoms with E-state index in [1.807, 2.05) is 0 Å². The number of alkyl halides is 1. The lowest BCUT2D eigenvalue weighted by atomic mass is 10.1. The van der Waals surface area contributed by atoms with Crippen molar-refractivity contribution >= 4 is 83.0 Å². The van der Waals surface area contributed by atoms with Gasteiger partial charge < -0.3 is 33.5 Å². The van der Waals surface area contributed by atoms with E-state index in [9.17, 15) is 19.4 Å². The molecule has 3 fully saturated rings. The Morgan fingerprint density at radius 3 is 2.53 bits per heavy atom. The van der Waals surface area contributed by atoms with Gasteiger partial charge in [0.1, 0.15) is 30.5 Å². The standard InChI is InChI=1S/C22H21Cl2FN6O10P2S2/c23-8-1-10-11(2-9(8)24)30(6-28-10)22-18-16(32)12(38-22)3-36-42(34,44)40-17-13(4-37-43(35,45)41-18)39-21(14(17)25)31-7-29-15-19(31)26-5-27-20(15)33/h1-2,5-7,12-14,16-18,21-22,32H,3-4H2,(H,34,44)(H,35,45)(H,26,27,33)/t12-,13-,14?,16?,17?,18?,21-,22-,42?,43?/m1/s1. The van der Waals surface area contributed by atoms with E-state index >= 15 is 4.39 Å². The summed E-state index contributed by atoms with van der Waals surface area (Å²) in [6.07, 6.45) is -8.17. The van der Waals surface area contributed by atoms with Crippen molar-refractivity contribution in [1.29, 1.82) is 0 Å². The first kappa shape index (κ1) is 32.0. The number of hydrogen-bond acceptors (Lipinski definition) is 13. The molecule has 23 heteroatoms. The van der Waals surface area contributed by atoms with Crippen LogP contribution in [0.3, 0.4) is 0 Å². The Hall–Kier alpha value is -1.54. The molecule has 0 aliphatic carbocycles. The van der Waals surface area contributed by atoms with E-state index in [1.165, 1.54) is 23.0 Å². The van der Waals surface area contributed by atoms with Crippen LogP contribution >= 0.6 is 49.0 Å². The predicted octanol–water partition coefficient (Wildman–Crippen LogP) is 3.04. The summed E-state index contributed by atoms with van der Waals surface area (Å²) < 4.78 is 66.1. The minimum atomic E-state index is -4.38. The molecule has 6 heterocycles. The van der Waals surface area contributed by atoms with Crippen molar-refractivity contribution in [3.8, 4) is 0 Å². The lowest BCUT2D eigenvalue weighted by Crippen LogP contribution is -2.35. The third-order valence-electron chi connectivity index (χ3n) is 7.42. The van der Waals surface area contributed by atoms with Crippen LogP contribution in [0.15, 0.2) is 35.9 Å². The maximum Gasteiger partial charge on any atom is 0.386 e. The molecular formula is C22H21Cl2FN6O10P2S2. The van der Waals surface area contributed by atoms with Crippen LogP contribution in [0.4, 0.5) is 4.39 Å². The second-order valence-corrected chi connectivity index (χ2v) is 16.7. The lowest BCUT2D eigenvalue weighted by molar-refractivity contribution is -0.0586. The van der Waals surface area contributed by atoms with E-state index in [-0.39, 0.29) is 21.2 Å². The van der Waals surface area contributed by atoms with Gasteiger partial charge in [-0.2, -0.15) is 0 Å². The summed E-state index contributed by atoms with van der Waals surface area (Å²) in [5.74, 6) is 0. The summed E-state index contributed by atoms with van der Waals surface area (Å²) >= 11 is 21.6. The Kier molecular flexibility index (Phi) is 8.44. The number of aromatic nitrogens is 6. The predicted molar refractivity (Wildman–Crippen MR) is 161 cm³/mol. The third kappa shape index (κ3) is 5.91. The number of nitrogens with one attached hydrogen (secondary N) is 1. The van der Waals surface area contributed by atoms with Crippen LogP contribution in [0.5, 0.6) is 0 Å². The van der Waals surface area contributed by atoms with E-state index in [4.69, 9.17) is 62.6 Å². The van der Waals surface area contributed by atoms with E-state index in [1.54, 1.807) is 0 Å². The molecular weight excluding hydrogens is 724 g/mol. The van der Waals surface area contributed by atoms with Gasteiger partial charge in [-0.05, 0) is 23.9 Å². The number of hydrogen-bond donors (Lipinski definition) is 4. The Bertz CT molecular complexity index is 1950. The first-order chi connectivity index (χ1) is 21.3. The van der Waals surface area contributed by atoms with Crippen molar-refractivity contribution in [2.24, 2.45) is 0 Å². The minimum Gasteiger partial charge on any atom is -0.387 e. The highest BCUT2D eigenvalue weighted by molar-refractivity contribution is 8.44. The number of H-pyrrole nitrogens is 1. The number of aromatic amines is 1. The Labute approximate surface area is 271 Å². The summed E-state index contributed by atoms with van der Waals surface area (Å²) in [6, 6.07) is 3.06. The first-order valence-corrected chi connectivity index (χ1v) is 19.0. The van der Waals surface area contributed by atoms with Crippen LogP contribution in [-0.2, 0) is 43.9 Å². The topological polar surface area (TPSA) is 194 Å². The zero-order valence-corrected chi connectivity index (χ0v) is 27.2. The number of aliphatic hydroxyl groups excluding tert-OH is 1. The molecule has 0 spiro atoms. The zero-order valence-electron chi connectivity index (χ0n) is 22.2. The quantitative estimate of drug-likeness (QED) is 0.173. The average Bonchev–Trinajstić information content (AvgIpc) is 3.73. The van der Waals surface area contributed by atoms with Gasteiger partial charge in [0.15, 0.2) is 29.8 Å². The maximum absolute atomic E-state index is 16.0. The molecule has 1 aromatic carbocycles. The molecule has 3 N–H and O–H groups in total. The zero-order chi connectivity index (χ0) is 31.8. The number of fused-ring (bicyclic) bond motifs is 5. The molecule has 3 aromatic heterocycles. The van der Waals surface area contributed by atoms with Gasteiger partial charge in [-0.3, -0.25) is 22.9 Å². The number of halogens is 3. The molecule has 0 amide bonds. The monoisotopic (exact) mass is 744 g/mol. The van der Waals surface area contributed by atoms with Crippen LogP contribution < -0.4 is 5.56 Å². The number of ether oxygens (including phenoxy) is 2. The summed E-state index contributed by atoms with van der Waals surface area (Å²) in [5.41, 5.74) is 0.252. The van der Waals surface area contributed by atoms with Crippen molar-refractivity contribution in [3.05, 3.63) is 51.5 Å². The summed E-state index contributed by atoms with van der Waals surface area (Å²) in [7, 11) is 0. The minimum absolute atomic E-state index is 0.00590. The maximum atomic E-state index is 16.0. The van der Waals surface area contributed by atoms with E-state index in [0.717, 1.165) is 17.2 Å². The molecule has 6 unspecified atom stereocenters. The fourth-order valence-electron chi connectivity index (χ4n) is 5.35. The number of rotatable bonds is 2. The van der Waals surface area contributed by atoms with E-state index in [0.29, 0.717) is 11.0 Å². The first-order valence-electron chi connectivity index (χ1n) is 13.0. The van der Waals surface area contributed by atoms with Gasteiger partial charge in [0.2, 0.25) is 0 Å². The van der Waals surface area contributed by atoms with Crippen LogP contribution in [0, 0.1) is 0 Å². The molecule has 0 saturated carbocycles. The SMILES string of the molecule is O=c1[nH]cnc2c1ncn2[C@@H]1O[C@@H]2COP(O)(=S)OC3C(O)[C@@H](COP(=O)(S)OC2C1F)O[C@H]3n1cnc2cc(Cl)c(Cl)cc21. The molecule has 3 saturated heterocycles. The van der Waals surface area contributed by atoms with Gasteiger partial charge in [0.05, 0.1) is 53.3 Å². The highest BCUT2D eigenvalue weighted by Gasteiger charge is 2.53. The highest BCUT2D eigenvalue weighted by atomic mass is 35.5. The molecule has 242 valence electrons. The second-order valence-electron chi connectivity index (χ2n) is 10.2. The summed E-state index contributed by atoms with van der Waals surface area (Å²) in [5, 5.41) is 11.6. The van der Waals surface area contributed by atoms with Crippen molar-refractivity contribution < 1.29 is 46.5 Å². The van der Waals surface area contributed by atoms with E-state index < -0.39 is 81.4 Å². The van der Waals surface area contributed by atoms with E-state index in [2.05, 4.69) is 32.2 Å². The van der Waals surface area contributed by atoms with Crippen molar-refractivity contribution in [1.82, 2.24) is 29.1 Å². The number of imidazole rings is 2. The molecule has 3 aliphatic rings. The molecule has 16 nitrogen and oxygen atoms in total. The normalized spacial score (nSPS) is 37.7. The Morgan fingerprint density at radius 1 is 1.02 bits per heavy atom. The average molecular weight is 745 g/mol. The Morgan fingerprint density at radius 2 is 1.73 bits per heavy atom. The van der Waals surface area contributed by atoms with Crippen LogP contribution in [0.25, 0.3) is 22.2 Å². The van der Waals surface area contributed by atoms with Crippen LogP contribution in [0.1, 0.15) is 12.5 Å². The molecule has 7 rings (SSSR count). The fourth-order valence-corrected chi connectivity index (χ4v) is 8.56. The number of thiol groups is 1. The molecule has 4 aromatic rings. The number of aliphatic hydroxyl groups is 1. The highest BCUT2D eigenvalue weighted by Crippen LogP contribution is 2.58. The van der Waals surface area contributed by atoms with Crippen LogP contribution in [0.2, 0.25) is 10.0 Å². The largest absolute Gasteiger partial charge is 0.387 e. The molecule has 10 atom stereocenters. The van der Waals surface area contributed by atoms with Gasteiger partial charge >= 0.3 is 13.5 Å². The summed E-state index contributed by atoms with van der Waals surface area (Å²) in [6.45, 7) is -9.80. The lowest BCUT2D eigenvalue weighted by Gasteiger charge is -2.27. The third-order valence-corrected chi connectivity index (χ3v) is 11.3. The fraction of sp³-hybridized carbons (Fsp3) is 0.455. The van der Waals surface area contributed by atoms with Crippen LogP contribution in [-0.4, -0.2) is 89.0 Å². The molecule has 45 heavy (non-hydrogen) atoms. The van der Waals surface area contributed by atoms with Crippen molar-refractivity contribution in [3.63, 3.8) is 0 Å². The smallest absolute Gasteiger partial charge is 0.386 e. The van der Waals surface area contributed by atoms with Crippen molar-refractivity contribution in [2.45, 2.75) is 49.1 Å². The van der Waals surface area contributed by atoms with Gasteiger partial charge in [0.25, 0.3) is 5.56 Å². The van der Waals surface area contributed by atoms with Gasteiger partial charge in [-0.1, -0.05) is 35.5 Å².